The lowest BCUT2D eigenvalue weighted by Crippen LogP contribution is -2.52. The molecule has 1 saturated heterocycles. The first kappa shape index (κ1) is 32.3. The van der Waals surface area contributed by atoms with Crippen LogP contribution in [-0.2, 0) is 20.9 Å². The zero-order chi connectivity index (χ0) is 30.1. The largest absolute Gasteiger partial charge is 0.490 e. The summed E-state index contributed by atoms with van der Waals surface area (Å²) in [6.07, 6.45) is -5.66. The van der Waals surface area contributed by atoms with Crippen LogP contribution in [0.25, 0.3) is 0 Å². The molecular formula is C25H27F6N3O6. The number of hydrogen-bond donors (Lipinski definition) is 3. The van der Waals surface area contributed by atoms with Gasteiger partial charge in [0.1, 0.15) is 11.4 Å². The van der Waals surface area contributed by atoms with Gasteiger partial charge < -0.3 is 25.2 Å². The zero-order valence-corrected chi connectivity index (χ0v) is 21.1. The van der Waals surface area contributed by atoms with E-state index in [2.05, 4.69) is 28.5 Å². The molecule has 1 atom stereocenters. The van der Waals surface area contributed by atoms with Crippen LogP contribution < -0.4 is 10.1 Å². The number of carbonyl (C=O) groups is 3. The Kier molecular flexibility index (Phi) is 10.9. The average Bonchev–Trinajstić information content (AvgIpc) is 2.88. The number of pyridine rings is 1. The van der Waals surface area contributed by atoms with E-state index in [0.29, 0.717) is 0 Å². The lowest BCUT2D eigenvalue weighted by atomic mass is 9.80. The van der Waals surface area contributed by atoms with Gasteiger partial charge in [0.25, 0.3) is 0 Å². The molecule has 9 nitrogen and oxygen atoms in total. The van der Waals surface area contributed by atoms with Crippen LogP contribution in [0.5, 0.6) is 5.75 Å². The molecule has 1 fully saturated rings. The Labute approximate surface area is 224 Å². The number of halogens is 6. The molecular weight excluding hydrogens is 552 g/mol. The molecule has 1 aromatic carbocycles. The quantitative estimate of drug-likeness (QED) is 0.458. The minimum absolute atomic E-state index is 0.154. The number of carbonyl (C=O) groups excluding carboxylic acids is 1. The van der Waals surface area contributed by atoms with Crippen molar-refractivity contribution >= 4 is 17.8 Å². The molecule has 4 rings (SSSR count). The third-order valence-electron chi connectivity index (χ3n) is 6.06. The molecule has 1 spiro atoms. The van der Waals surface area contributed by atoms with Crippen molar-refractivity contribution in [3.63, 3.8) is 0 Å². The standard InChI is InChI=1S/C21H25N3O2.2C2HF3O2/c1-16(25)24-12-9-21(10-13-24)14-19(18-7-2-3-8-20(18)26-21)23-15-17-6-4-5-11-22-17;2*3-2(4,5)1(6)7/h2-8,11,19,23H,9-10,12-15H2,1H3;2*(H,6,7). The molecule has 1 unspecified atom stereocenters. The first-order valence-corrected chi connectivity index (χ1v) is 11.8. The van der Waals surface area contributed by atoms with Crippen molar-refractivity contribution in [3.05, 3.63) is 59.9 Å². The van der Waals surface area contributed by atoms with Crippen LogP contribution in [0.2, 0.25) is 0 Å². The van der Waals surface area contributed by atoms with Crippen LogP contribution in [-0.4, -0.2) is 69.0 Å². The van der Waals surface area contributed by atoms with Gasteiger partial charge in [0.2, 0.25) is 5.91 Å². The maximum Gasteiger partial charge on any atom is 0.490 e. The molecule has 3 heterocycles. The summed E-state index contributed by atoms with van der Waals surface area (Å²) in [5.41, 5.74) is 2.06. The first-order chi connectivity index (χ1) is 18.5. The van der Waals surface area contributed by atoms with Gasteiger partial charge in [0.15, 0.2) is 0 Å². The number of likely N-dealkylation sites (tertiary alicyclic amines) is 1. The monoisotopic (exact) mass is 579 g/mol. The Morgan fingerprint density at radius 2 is 1.50 bits per heavy atom. The van der Waals surface area contributed by atoms with Gasteiger partial charge in [0.05, 0.1) is 5.69 Å². The van der Waals surface area contributed by atoms with Gasteiger partial charge >= 0.3 is 24.3 Å². The van der Waals surface area contributed by atoms with Crippen LogP contribution >= 0.6 is 0 Å². The number of fused-ring (bicyclic) bond motifs is 1. The molecule has 220 valence electrons. The molecule has 15 heteroatoms. The van der Waals surface area contributed by atoms with Crippen molar-refractivity contribution in [1.29, 1.82) is 0 Å². The van der Waals surface area contributed by atoms with E-state index in [1.54, 1.807) is 6.92 Å². The maximum atomic E-state index is 11.7. The Morgan fingerprint density at radius 1 is 0.975 bits per heavy atom. The summed E-state index contributed by atoms with van der Waals surface area (Å²) in [5, 5.41) is 17.9. The third kappa shape index (κ3) is 9.70. The Bertz CT molecular complexity index is 1130. The highest BCUT2D eigenvalue weighted by Crippen LogP contribution is 2.44. The first-order valence-electron chi connectivity index (χ1n) is 11.8. The number of ether oxygens (including phenoxy) is 1. The number of carboxylic acid groups (broad SMARTS) is 2. The highest BCUT2D eigenvalue weighted by Gasteiger charge is 2.43. The maximum absolute atomic E-state index is 11.7. The minimum Gasteiger partial charge on any atom is -0.487 e. The van der Waals surface area contributed by atoms with E-state index in [4.69, 9.17) is 24.5 Å². The molecule has 3 N–H and O–H groups in total. The van der Waals surface area contributed by atoms with Gasteiger partial charge in [-0.25, -0.2) is 9.59 Å². The van der Waals surface area contributed by atoms with E-state index in [9.17, 15) is 31.1 Å². The number of amides is 1. The number of alkyl halides is 6. The van der Waals surface area contributed by atoms with Gasteiger partial charge in [-0.15, -0.1) is 0 Å². The van der Waals surface area contributed by atoms with Crippen LogP contribution in [0, 0.1) is 0 Å². The minimum atomic E-state index is -5.08. The summed E-state index contributed by atoms with van der Waals surface area (Å²) < 4.78 is 69.9. The number of hydrogen-bond acceptors (Lipinski definition) is 6. The normalized spacial score (nSPS) is 17.7. The van der Waals surface area contributed by atoms with Gasteiger partial charge in [-0.3, -0.25) is 9.78 Å². The highest BCUT2D eigenvalue weighted by atomic mass is 19.4. The van der Waals surface area contributed by atoms with Crippen molar-refractivity contribution < 1.29 is 55.7 Å². The summed E-state index contributed by atoms with van der Waals surface area (Å²) in [4.78, 5) is 35.8. The SMILES string of the molecule is CC(=O)N1CCC2(CC1)CC(NCc1ccccn1)c1ccccc1O2.O=C(O)C(F)(F)F.O=C(O)C(F)(F)F. The molecule has 1 amide bonds. The number of piperidine rings is 1. The third-order valence-corrected chi connectivity index (χ3v) is 6.06. The van der Waals surface area contributed by atoms with E-state index in [-0.39, 0.29) is 17.6 Å². The van der Waals surface area contributed by atoms with Crippen LogP contribution in [0.15, 0.2) is 48.7 Å². The number of carboxylic acids is 2. The summed E-state index contributed by atoms with van der Waals surface area (Å²) in [6, 6.07) is 14.5. The number of aliphatic carboxylic acids is 2. The fraction of sp³-hybridized carbons (Fsp3) is 0.440. The van der Waals surface area contributed by atoms with E-state index in [1.165, 1.54) is 5.56 Å². The van der Waals surface area contributed by atoms with Crippen LogP contribution in [0.4, 0.5) is 26.3 Å². The van der Waals surface area contributed by atoms with Gasteiger partial charge in [-0.1, -0.05) is 24.3 Å². The van der Waals surface area contributed by atoms with E-state index in [0.717, 1.165) is 50.3 Å². The highest BCUT2D eigenvalue weighted by molar-refractivity contribution is 5.73. The molecule has 0 radical (unpaired) electrons. The van der Waals surface area contributed by atoms with Gasteiger partial charge in [0, 0.05) is 63.6 Å². The molecule has 0 aliphatic carbocycles. The summed E-state index contributed by atoms with van der Waals surface area (Å²) >= 11 is 0. The summed E-state index contributed by atoms with van der Waals surface area (Å²) in [7, 11) is 0. The fourth-order valence-electron chi connectivity index (χ4n) is 4.07. The second kappa shape index (κ2) is 13.5. The number of para-hydroxylation sites is 1. The Hall–Kier alpha value is -3.88. The van der Waals surface area contributed by atoms with E-state index >= 15 is 0 Å². The van der Waals surface area contributed by atoms with Crippen molar-refractivity contribution in [2.45, 2.75) is 56.7 Å². The van der Waals surface area contributed by atoms with Crippen molar-refractivity contribution in [3.8, 4) is 5.75 Å². The van der Waals surface area contributed by atoms with E-state index < -0.39 is 24.3 Å². The second-order valence-electron chi connectivity index (χ2n) is 8.89. The number of benzene rings is 1. The fourth-order valence-corrected chi connectivity index (χ4v) is 4.07. The molecule has 2 aliphatic rings. The Morgan fingerprint density at radius 3 is 1.98 bits per heavy atom. The molecule has 2 aliphatic heterocycles. The smallest absolute Gasteiger partial charge is 0.487 e. The van der Waals surface area contributed by atoms with Crippen molar-refractivity contribution in [1.82, 2.24) is 15.2 Å². The zero-order valence-electron chi connectivity index (χ0n) is 21.1. The van der Waals surface area contributed by atoms with Crippen molar-refractivity contribution in [2.24, 2.45) is 0 Å². The van der Waals surface area contributed by atoms with E-state index in [1.807, 2.05) is 35.4 Å². The molecule has 2 aromatic rings. The molecule has 40 heavy (non-hydrogen) atoms. The summed E-state index contributed by atoms with van der Waals surface area (Å²) in [5.74, 6) is -4.39. The Balaban J connectivity index is 0.000000333. The average molecular weight is 579 g/mol. The summed E-state index contributed by atoms with van der Waals surface area (Å²) in [6.45, 7) is 3.91. The molecule has 0 saturated carbocycles. The van der Waals surface area contributed by atoms with Gasteiger partial charge in [-0.05, 0) is 18.2 Å². The predicted octanol–water partition coefficient (Wildman–Crippen LogP) is 4.34. The molecule has 0 bridgehead atoms. The second-order valence-corrected chi connectivity index (χ2v) is 8.89. The number of aromatic nitrogens is 1. The van der Waals surface area contributed by atoms with Crippen LogP contribution in [0.1, 0.15) is 43.5 Å². The van der Waals surface area contributed by atoms with Crippen LogP contribution in [0.3, 0.4) is 0 Å². The lowest BCUT2D eigenvalue weighted by molar-refractivity contribution is -0.193. The predicted molar refractivity (Wildman–Crippen MR) is 127 cm³/mol. The molecule has 1 aromatic heterocycles. The topological polar surface area (TPSA) is 129 Å². The van der Waals surface area contributed by atoms with Crippen molar-refractivity contribution in [2.75, 3.05) is 13.1 Å². The number of nitrogens with zero attached hydrogens (tertiary/aromatic N) is 2. The van der Waals surface area contributed by atoms with Gasteiger partial charge in [-0.2, -0.15) is 26.3 Å². The number of rotatable bonds is 3. The lowest BCUT2D eigenvalue weighted by Gasteiger charge is -2.47. The number of nitrogens with one attached hydrogen (secondary N) is 1.